The van der Waals surface area contributed by atoms with Gasteiger partial charge in [0, 0.05) is 11.6 Å². The van der Waals surface area contributed by atoms with Crippen molar-refractivity contribution in [1.82, 2.24) is 4.90 Å². The Kier molecular flexibility index (Phi) is 4.17. The second kappa shape index (κ2) is 5.07. The second-order valence-electron chi connectivity index (χ2n) is 4.80. The summed E-state index contributed by atoms with van der Waals surface area (Å²) >= 11 is 6.04. The fourth-order valence-corrected chi connectivity index (χ4v) is 1.57. The normalized spacial score (nSPS) is 11.9. The van der Waals surface area contributed by atoms with E-state index >= 15 is 0 Å². The first-order valence-corrected chi connectivity index (χ1v) is 5.82. The molecule has 0 radical (unpaired) electrons. The lowest BCUT2D eigenvalue weighted by molar-refractivity contribution is -0.148. The van der Waals surface area contributed by atoms with Gasteiger partial charge in [-0.3, -0.25) is 9.69 Å². The Hall–Kier alpha value is -1.06. The van der Waals surface area contributed by atoms with E-state index in [2.05, 4.69) is 0 Å². The van der Waals surface area contributed by atoms with Crippen LogP contribution in [0.3, 0.4) is 0 Å². The van der Waals surface area contributed by atoms with E-state index in [1.54, 1.807) is 25.8 Å². The van der Waals surface area contributed by atoms with E-state index in [0.717, 1.165) is 11.1 Å². The molecule has 1 rings (SSSR count). The molecule has 0 aromatic heterocycles. The monoisotopic (exact) mass is 255 g/mol. The summed E-state index contributed by atoms with van der Waals surface area (Å²) < 4.78 is 0. The van der Waals surface area contributed by atoms with Gasteiger partial charge in [-0.2, -0.15) is 0 Å². The highest BCUT2D eigenvalue weighted by atomic mass is 35.5. The van der Waals surface area contributed by atoms with Crippen LogP contribution < -0.4 is 0 Å². The zero-order valence-electron chi connectivity index (χ0n) is 10.6. The minimum absolute atomic E-state index is 0.555. The molecule has 0 amide bonds. The lowest BCUT2D eigenvalue weighted by Crippen LogP contribution is -2.47. The van der Waals surface area contributed by atoms with Crippen molar-refractivity contribution in [1.29, 1.82) is 0 Å². The quantitative estimate of drug-likeness (QED) is 0.899. The second-order valence-corrected chi connectivity index (χ2v) is 5.21. The highest BCUT2D eigenvalue weighted by Gasteiger charge is 2.31. The highest BCUT2D eigenvalue weighted by molar-refractivity contribution is 6.31. The van der Waals surface area contributed by atoms with Crippen LogP contribution >= 0.6 is 11.6 Å². The van der Waals surface area contributed by atoms with Gasteiger partial charge in [0.05, 0.1) is 0 Å². The molecule has 0 aliphatic rings. The van der Waals surface area contributed by atoms with E-state index in [1.165, 1.54) is 0 Å². The number of hydrogen-bond donors (Lipinski definition) is 1. The van der Waals surface area contributed by atoms with Gasteiger partial charge in [0.2, 0.25) is 0 Å². The number of benzene rings is 1. The Morgan fingerprint density at radius 3 is 2.53 bits per heavy atom. The van der Waals surface area contributed by atoms with Gasteiger partial charge in [0.25, 0.3) is 0 Å². The average molecular weight is 256 g/mol. The zero-order valence-corrected chi connectivity index (χ0v) is 11.4. The molecule has 0 saturated carbocycles. The molecule has 0 aliphatic carbocycles. The van der Waals surface area contributed by atoms with E-state index < -0.39 is 11.5 Å². The summed E-state index contributed by atoms with van der Waals surface area (Å²) in [6.45, 7) is 5.87. The first-order valence-electron chi connectivity index (χ1n) is 5.45. The van der Waals surface area contributed by atoms with Gasteiger partial charge in [-0.05, 0) is 45.0 Å². The number of aliphatic carboxylic acids is 1. The van der Waals surface area contributed by atoms with E-state index in [0.29, 0.717) is 11.6 Å². The van der Waals surface area contributed by atoms with Crippen molar-refractivity contribution < 1.29 is 9.90 Å². The van der Waals surface area contributed by atoms with Gasteiger partial charge >= 0.3 is 5.97 Å². The molecule has 17 heavy (non-hydrogen) atoms. The fourth-order valence-electron chi connectivity index (χ4n) is 1.37. The Labute approximate surface area is 107 Å². The SMILES string of the molecule is Cc1ccc(CN(C)C(C)(C)C(=O)O)cc1Cl. The molecule has 94 valence electrons. The van der Waals surface area contributed by atoms with E-state index in [1.807, 2.05) is 25.1 Å². The summed E-state index contributed by atoms with van der Waals surface area (Å²) in [5.41, 5.74) is 1.14. The molecule has 0 atom stereocenters. The molecule has 1 aromatic rings. The van der Waals surface area contributed by atoms with Gasteiger partial charge in [-0.15, -0.1) is 0 Å². The number of carboxylic acids is 1. The molecule has 0 spiro atoms. The Balaban J connectivity index is 2.84. The first-order chi connectivity index (χ1) is 7.75. The molecule has 0 heterocycles. The molecule has 0 bridgehead atoms. The zero-order chi connectivity index (χ0) is 13.2. The van der Waals surface area contributed by atoms with E-state index in [4.69, 9.17) is 16.7 Å². The molecular formula is C13H18ClNO2. The maximum absolute atomic E-state index is 11.1. The Morgan fingerprint density at radius 2 is 2.06 bits per heavy atom. The molecule has 0 saturated heterocycles. The number of aryl methyl sites for hydroxylation is 1. The third-order valence-electron chi connectivity index (χ3n) is 3.13. The molecular weight excluding hydrogens is 238 g/mol. The maximum atomic E-state index is 11.1. The first kappa shape index (κ1) is 14.0. The van der Waals surface area contributed by atoms with Crippen LogP contribution in [-0.2, 0) is 11.3 Å². The lowest BCUT2D eigenvalue weighted by Gasteiger charge is -2.31. The smallest absolute Gasteiger partial charge is 0.323 e. The van der Waals surface area contributed by atoms with Crippen molar-refractivity contribution in [2.24, 2.45) is 0 Å². The number of nitrogens with zero attached hydrogens (tertiary/aromatic N) is 1. The van der Waals surface area contributed by atoms with Crippen LogP contribution in [0.5, 0.6) is 0 Å². The average Bonchev–Trinajstić information content (AvgIpc) is 2.23. The summed E-state index contributed by atoms with van der Waals surface area (Å²) in [6, 6.07) is 5.79. The molecule has 1 N–H and O–H groups in total. The Bertz CT molecular complexity index is 429. The van der Waals surface area contributed by atoms with Crippen LogP contribution in [0.1, 0.15) is 25.0 Å². The maximum Gasteiger partial charge on any atom is 0.323 e. The van der Waals surface area contributed by atoms with Crippen molar-refractivity contribution in [3.63, 3.8) is 0 Å². The van der Waals surface area contributed by atoms with Crippen molar-refractivity contribution in [3.05, 3.63) is 34.3 Å². The molecule has 0 fully saturated rings. The van der Waals surface area contributed by atoms with Crippen LogP contribution in [0.15, 0.2) is 18.2 Å². The highest BCUT2D eigenvalue weighted by Crippen LogP contribution is 2.20. The summed E-state index contributed by atoms with van der Waals surface area (Å²) in [4.78, 5) is 12.9. The molecule has 4 heteroatoms. The van der Waals surface area contributed by atoms with Gasteiger partial charge in [-0.1, -0.05) is 23.7 Å². The predicted octanol–water partition coefficient (Wildman–Crippen LogP) is 2.94. The summed E-state index contributed by atoms with van der Waals surface area (Å²) in [5, 5.41) is 9.83. The molecule has 0 unspecified atom stereocenters. The lowest BCUT2D eigenvalue weighted by atomic mass is 10.0. The van der Waals surface area contributed by atoms with Crippen LogP contribution in [0.4, 0.5) is 0 Å². The minimum atomic E-state index is -0.892. The number of halogens is 1. The van der Waals surface area contributed by atoms with Crippen molar-refractivity contribution in [2.75, 3.05) is 7.05 Å². The van der Waals surface area contributed by atoms with Gasteiger partial charge in [0.1, 0.15) is 5.54 Å². The standard InChI is InChI=1S/C13H18ClNO2/c1-9-5-6-10(7-11(9)14)8-15(4)13(2,3)12(16)17/h5-7H,8H2,1-4H3,(H,16,17). The minimum Gasteiger partial charge on any atom is -0.480 e. The summed E-state index contributed by atoms with van der Waals surface area (Å²) in [5.74, 6) is -0.835. The number of hydrogen-bond acceptors (Lipinski definition) is 2. The van der Waals surface area contributed by atoms with Crippen LogP contribution in [-0.4, -0.2) is 28.6 Å². The topological polar surface area (TPSA) is 40.5 Å². The summed E-state index contributed by atoms with van der Waals surface area (Å²) in [7, 11) is 1.79. The fraction of sp³-hybridized carbons (Fsp3) is 0.462. The largest absolute Gasteiger partial charge is 0.480 e. The van der Waals surface area contributed by atoms with Crippen LogP contribution in [0, 0.1) is 6.92 Å². The van der Waals surface area contributed by atoms with Gasteiger partial charge < -0.3 is 5.11 Å². The van der Waals surface area contributed by atoms with Crippen molar-refractivity contribution >= 4 is 17.6 Å². The van der Waals surface area contributed by atoms with Crippen LogP contribution in [0.2, 0.25) is 5.02 Å². The predicted molar refractivity (Wildman–Crippen MR) is 69.4 cm³/mol. The van der Waals surface area contributed by atoms with Crippen LogP contribution in [0.25, 0.3) is 0 Å². The third kappa shape index (κ3) is 3.20. The molecule has 3 nitrogen and oxygen atoms in total. The van der Waals surface area contributed by atoms with Gasteiger partial charge in [0.15, 0.2) is 0 Å². The third-order valence-corrected chi connectivity index (χ3v) is 3.54. The summed E-state index contributed by atoms with van der Waals surface area (Å²) in [6.07, 6.45) is 0. The molecule has 1 aromatic carbocycles. The number of carbonyl (C=O) groups is 1. The van der Waals surface area contributed by atoms with E-state index in [9.17, 15) is 4.79 Å². The number of carboxylic acid groups (broad SMARTS) is 1. The Morgan fingerprint density at radius 1 is 1.47 bits per heavy atom. The van der Waals surface area contributed by atoms with E-state index in [-0.39, 0.29) is 0 Å². The van der Waals surface area contributed by atoms with Gasteiger partial charge in [-0.25, -0.2) is 0 Å². The van der Waals surface area contributed by atoms with Crippen molar-refractivity contribution in [2.45, 2.75) is 32.9 Å². The number of rotatable bonds is 4. The molecule has 0 aliphatic heterocycles. The number of likely N-dealkylation sites (N-methyl/N-ethyl adjacent to an activating group) is 1. The van der Waals surface area contributed by atoms with Crippen molar-refractivity contribution in [3.8, 4) is 0 Å².